The average Bonchev–Trinajstić information content (AvgIpc) is 2.13. The first-order valence-corrected chi connectivity index (χ1v) is 5.98. The molecule has 2 aliphatic rings. The molecule has 96 valence electrons. The largest absolute Gasteiger partial charge is 0.481 e. The van der Waals surface area contributed by atoms with Crippen molar-refractivity contribution in [1.82, 2.24) is 9.80 Å². The van der Waals surface area contributed by atoms with Crippen LogP contribution in [0.25, 0.3) is 0 Å². The summed E-state index contributed by atoms with van der Waals surface area (Å²) in [5, 5.41) is 8.70. The summed E-state index contributed by atoms with van der Waals surface area (Å²) in [6.07, 6.45) is 0.815. The van der Waals surface area contributed by atoms with Gasteiger partial charge in [0, 0.05) is 26.2 Å². The predicted octanol–water partition coefficient (Wildman–Crippen LogP) is -0.606. The van der Waals surface area contributed by atoms with Crippen molar-refractivity contribution < 1.29 is 19.4 Å². The summed E-state index contributed by atoms with van der Waals surface area (Å²) in [6, 6.07) is 0. The van der Waals surface area contributed by atoms with E-state index in [9.17, 15) is 9.59 Å². The molecule has 6 heteroatoms. The Hall–Kier alpha value is -1.14. The maximum absolute atomic E-state index is 11.7. The number of rotatable bonds is 4. The maximum Gasteiger partial charge on any atom is 0.306 e. The standard InChI is InChI=1S/C11H18N2O4/c14-10(13-2-1-3-13)8-12-4-5-17-9(7-12)6-11(15)16/h9H,1-8H2,(H,15,16). The third-order valence-corrected chi connectivity index (χ3v) is 3.19. The van der Waals surface area contributed by atoms with Gasteiger partial charge in [-0.1, -0.05) is 0 Å². The van der Waals surface area contributed by atoms with E-state index >= 15 is 0 Å². The SMILES string of the molecule is O=C(O)CC1CN(CC(=O)N2CCC2)CCO1. The molecule has 17 heavy (non-hydrogen) atoms. The van der Waals surface area contributed by atoms with Gasteiger partial charge in [-0.15, -0.1) is 0 Å². The van der Waals surface area contributed by atoms with E-state index in [2.05, 4.69) is 0 Å². The zero-order valence-corrected chi connectivity index (χ0v) is 9.80. The molecule has 1 N–H and O–H groups in total. The summed E-state index contributed by atoms with van der Waals surface area (Å²) in [5.74, 6) is -0.710. The minimum absolute atomic E-state index is 0.00834. The molecule has 1 unspecified atom stereocenters. The van der Waals surface area contributed by atoms with E-state index in [4.69, 9.17) is 9.84 Å². The molecular formula is C11H18N2O4. The fourth-order valence-electron chi connectivity index (χ4n) is 2.10. The first-order chi connectivity index (χ1) is 8.15. The Kier molecular flexibility index (Phi) is 3.96. The Morgan fingerprint density at radius 2 is 2.06 bits per heavy atom. The van der Waals surface area contributed by atoms with Crippen LogP contribution in [0.4, 0.5) is 0 Å². The van der Waals surface area contributed by atoms with Crippen LogP contribution in [0.3, 0.4) is 0 Å². The second-order valence-electron chi connectivity index (χ2n) is 4.56. The van der Waals surface area contributed by atoms with Crippen LogP contribution in [0.2, 0.25) is 0 Å². The summed E-state index contributed by atoms with van der Waals surface area (Å²) in [7, 11) is 0. The first kappa shape index (κ1) is 12.3. The normalized spacial score (nSPS) is 25.4. The molecule has 6 nitrogen and oxygen atoms in total. The molecule has 0 spiro atoms. The lowest BCUT2D eigenvalue weighted by molar-refractivity contribution is -0.143. The molecule has 0 aromatic carbocycles. The summed E-state index contributed by atoms with van der Waals surface area (Å²) < 4.78 is 5.35. The molecule has 1 atom stereocenters. The Morgan fingerprint density at radius 3 is 2.65 bits per heavy atom. The number of likely N-dealkylation sites (tertiary alicyclic amines) is 1. The fourth-order valence-corrected chi connectivity index (χ4v) is 2.10. The second-order valence-corrected chi connectivity index (χ2v) is 4.56. The van der Waals surface area contributed by atoms with Crippen molar-refractivity contribution in [3.05, 3.63) is 0 Å². The van der Waals surface area contributed by atoms with Crippen molar-refractivity contribution in [1.29, 1.82) is 0 Å². The van der Waals surface area contributed by atoms with Gasteiger partial charge in [0.05, 0.1) is 25.7 Å². The number of ether oxygens (including phenoxy) is 1. The van der Waals surface area contributed by atoms with E-state index in [-0.39, 0.29) is 18.4 Å². The van der Waals surface area contributed by atoms with E-state index in [1.54, 1.807) is 0 Å². The monoisotopic (exact) mass is 242 g/mol. The lowest BCUT2D eigenvalue weighted by Crippen LogP contribution is -2.51. The number of nitrogens with zero attached hydrogens (tertiary/aromatic N) is 2. The van der Waals surface area contributed by atoms with Gasteiger partial charge >= 0.3 is 5.97 Å². The molecule has 1 amide bonds. The van der Waals surface area contributed by atoms with Crippen LogP contribution in [0, 0.1) is 0 Å². The molecule has 2 rings (SSSR count). The van der Waals surface area contributed by atoms with Crippen LogP contribution in [0.5, 0.6) is 0 Å². The highest BCUT2D eigenvalue weighted by Gasteiger charge is 2.27. The Bertz CT molecular complexity index is 304. The lowest BCUT2D eigenvalue weighted by atomic mass is 10.2. The van der Waals surface area contributed by atoms with E-state index in [0.717, 1.165) is 19.5 Å². The van der Waals surface area contributed by atoms with Crippen molar-refractivity contribution >= 4 is 11.9 Å². The lowest BCUT2D eigenvalue weighted by Gasteiger charge is -2.36. The number of carboxylic acids is 1. The number of hydrogen-bond donors (Lipinski definition) is 1. The van der Waals surface area contributed by atoms with Crippen molar-refractivity contribution in [3.8, 4) is 0 Å². The first-order valence-electron chi connectivity index (χ1n) is 5.98. The zero-order valence-electron chi connectivity index (χ0n) is 9.80. The van der Waals surface area contributed by atoms with Crippen molar-refractivity contribution in [2.75, 3.05) is 39.3 Å². The summed E-state index contributed by atoms with van der Waals surface area (Å²) >= 11 is 0. The summed E-state index contributed by atoms with van der Waals surface area (Å²) in [5.41, 5.74) is 0. The number of carboxylic acid groups (broad SMARTS) is 1. The highest BCUT2D eigenvalue weighted by Crippen LogP contribution is 2.11. The molecule has 0 aromatic heterocycles. The van der Waals surface area contributed by atoms with Gasteiger partial charge in [-0.2, -0.15) is 0 Å². The molecule has 0 aromatic rings. The van der Waals surface area contributed by atoms with E-state index in [1.807, 2.05) is 9.80 Å². The Balaban J connectivity index is 1.76. The summed E-state index contributed by atoms with van der Waals surface area (Å²) in [6.45, 7) is 3.86. The van der Waals surface area contributed by atoms with Crippen LogP contribution in [0.15, 0.2) is 0 Å². The highest BCUT2D eigenvalue weighted by atomic mass is 16.5. The van der Waals surface area contributed by atoms with Gasteiger partial charge < -0.3 is 14.7 Å². The molecule has 2 heterocycles. The molecule has 2 fully saturated rings. The smallest absolute Gasteiger partial charge is 0.306 e. The van der Waals surface area contributed by atoms with Gasteiger partial charge in [-0.05, 0) is 6.42 Å². The van der Waals surface area contributed by atoms with Crippen LogP contribution in [-0.2, 0) is 14.3 Å². The summed E-state index contributed by atoms with van der Waals surface area (Å²) in [4.78, 5) is 26.2. The quantitative estimate of drug-likeness (QED) is 0.712. The van der Waals surface area contributed by atoms with Crippen molar-refractivity contribution in [2.45, 2.75) is 18.9 Å². The Labute approximate surface area is 100 Å². The zero-order chi connectivity index (χ0) is 12.3. The number of carbonyl (C=O) groups is 2. The van der Waals surface area contributed by atoms with Crippen molar-refractivity contribution in [2.24, 2.45) is 0 Å². The van der Waals surface area contributed by atoms with E-state index in [0.29, 0.717) is 26.2 Å². The number of hydrogen-bond acceptors (Lipinski definition) is 4. The minimum atomic E-state index is -0.856. The molecule has 0 radical (unpaired) electrons. The van der Waals surface area contributed by atoms with Crippen LogP contribution in [-0.4, -0.2) is 72.2 Å². The minimum Gasteiger partial charge on any atom is -0.481 e. The van der Waals surface area contributed by atoms with E-state index < -0.39 is 5.97 Å². The van der Waals surface area contributed by atoms with Gasteiger partial charge in [-0.25, -0.2) is 0 Å². The predicted molar refractivity (Wildman–Crippen MR) is 59.6 cm³/mol. The molecule has 2 aliphatic heterocycles. The fraction of sp³-hybridized carbons (Fsp3) is 0.818. The number of carbonyl (C=O) groups excluding carboxylic acids is 1. The second kappa shape index (κ2) is 5.46. The van der Waals surface area contributed by atoms with Gasteiger partial charge in [0.1, 0.15) is 0 Å². The topological polar surface area (TPSA) is 70.1 Å². The van der Waals surface area contributed by atoms with Crippen LogP contribution >= 0.6 is 0 Å². The molecule has 0 aliphatic carbocycles. The van der Waals surface area contributed by atoms with Gasteiger partial charge in [-0.3, -0.25) is 14.5 Å². The van der Waals surface area contributed by atoms with Crippen LogP contribution in [0.1, 0.15) is 12.8 Å². The molecule has 2 saturated heterocycles. The molecular weight excluding hydrogens is 224 g/mol. The van der Waals surface area contributed by atoms with Crippen molar-refractivity contribution in [3.63, 3.8) is 0 Å². The third-order valence-electron chi connectivity index (χ3n) is 3.19. The van der Waals surface area contributed by atoms with Gasteiger partial charge in [0.15, 0.2) is 0 Å². The Morgan fingerprint density at radius 1 is 1.29 bits per heavy atom. The van der Waals surface area contributed by atoms with Gasteiger partial charge in [0.2, 0.25) is 5.91 Å². The molecule has 0 saturated carbocycles. The van der Waals surface area contributed by atoms with Gasteiger partial charge in [0.25, 0.3) is 0 Å². The highest BCUT2D eigenvalue weighted by molar-refractivity contribution is 5.79. The van der Waals surface area contributed by atoms with Crippen LogP contribution < -0.4 is 0 Å². The number of amides is 1. The number of aliphatic carboxylic acids is 1. The average molecular weight is 242 g/mol. The number of morpholine rings is 1. The maximum atomic E-state index is 11.7. The van der Waals surface area contributed by atoms with E-state index in [1.165, 1.54) is 0 Å². The third kappa shape index (κ3) is 3.41. The molecule has 0 bridgehead atoms.